The number of esters is 1. The first-order valence-electron chi connectivity index (χ1n) is 13.9. The molecule has 5 rings (SSSR count). The van der Waals surface area contributed by atoms with Gasteiger partial charge in [0.15, 0.2) is 4.80 Å². The van der Waals surface area contributed by atoms with Crippen LogP contribution >= 0.6 is 56.5 Å². The Morgan fingerprint density at radius 2 is 1.80 bits per heavy atom. The van der Waals surface area contributed by atoms with E-state index in [0.717, 1.165) is 18.3 Å². The predicted octanol–water partition coefficient (Wildman–Crippen LogP) is 6.51. The van der Waals surface area contributed by atoms with Crippen molar-refractivity contribution in [1.29, 1.82) is 0 Å². The van der Waals surface area contributed by atoms with Gasteiger partial charge in [0.25, 0.3) is 5.56 Å². The molecule has 0 bridgehead atoms. The van der Waals surface area contributed by atoms with E-state index >= 15 is 0 Å². The lowest BCUT2D eigenvalue weighted by molar-refractivity contribution is -0.139. The Labute approximate surface area is 285 Å². The van der Waals surface area contributed by atoms with E-state index < -0.39 is 12.0 Å². The Balaban J connectivity index is 1.58. The summed E-state index contributed by atoms with van der Waals surface area (Å²) in [5, 5.41) is 0. The van der Waals surface area contributed by atoms with Crippen LogP contribution in [0.15, 0.2) is 81.7 Å². The molecule has 2 heterocycles. The highest BCUT2D eigenvalue weighted by Crippen LogP contribution is 2.36. The molecule has 44 heavy (non-hydrogen) atoms. The number of para-hydroxylation sites is 1. The molecule has 0 radical (unpaired) electrons. The van der Waals surface area contributed by atoms with Crippen LogP contribution in [0.4, 0.5) is 4.39 Å². The number of rotatable bonds is 9. The third-order valence-electron chi connectivity index (χ3n) is 6.71. The Kier molecular flexibility index (Phi) is 10.3. The molecule has 0 N–H and O–H groups in total. The molecule has 0 fully saturated rings. The first-order valence-corrected chi connectivity index (χ1v) is 16.9. The zero-order chi connectivity index (χ0) is 31.5. The van der Waals surface area contributed by atoms with Crippen molar-refractivity contribution in [2.24, 2.45) is 4.99 Å². The predicted molar refractivity (Wildman–Crippen MR) is 185 cm³/mol. The molecule has 228 valence electrons. The maximum atomic E-state index is 14.1. The number of hydrogen-bond acceptors (Lipinski definition) is 7. The van der Waals surface area contributed by atoms with E-state index in [9.17, 15) is 14.0 Å². The fourth-order valence-corrected chi connectivity index (χ4v) is 8.02. The standard InChI is InChI=1S/C33H29FI2N2O5S/c1-5-41-32(40)28-19(4)37-33-38(29(28)23-8-6-7-9-26(23)43-18(2)3)31(39)27(44-33)16-21-14-24(35)30(25(36)15-21)42-17-20-10-12-22(34)13-11-20/h6-16,18,29H,5,17H2,1-4H3/b27-16+/t29-/m1/s1. The SMILES string of the molecule is CCOC(=O)C1=C(C)N=c2s/c(=C/c3cc(I)c(OCc4ccc(F)cc4)c(I)c3)c(=O)n2[C@@H]1c1ccccc1OC(C)C. The van der Waals surface area contributed by atoms with Crippen LogP contribution in [0, 0.1) is 13.0 Å². The molecule has 0 unspecified atom stereocenters. The lowest BCUT2D eigenvalue weighted by atomic mass is 9.95. The van der Waals surface area contributed by atoms with E-state index in [0.29, 0.717) is 44.3 Å². The van der Waals surface area contributed by atoms with E-state index in [1.807, 2.05) is 56.3 Å². The number of allylic oxidation sites excluding steroid dienone is 1. The first-order chi connectivity index (χ1) is 21.1. The second kappa shape index (κ2) is 13.9. The molecule has 7 nitrogen and oxygen atoms in total. The third kappa shape index (κ3) is 6.94. The van der Waals surface area contributed by atoms with Crippen LogP contribution in [0.25, 0.3) is 6.08 Å². The fraction of sp³-hybridized carbons (Fsp3) is 0.242. The number of carbonyl (C=O) groups is 1. The van der Waals surface area contributed by atoms with E-state index in [2.05, 4.69) is 50.2 Å². The Hall–Kier alpha value is -3.04. The lowest BCUT2D eigenvalue weighted by Gasteiger charge is -2.26. The fourth-order valence-electron chi connectivity index (χ4n) is 4.84. The van der Waals surface area contributed by atoms with Gasteiger partial charge in [0.1, 0.15) is 30.0 Å². The summed E-state index contributed by atoms with van der Waals surface area (Å²) in [6.07, 6.45) is 1.71. The summed E-state index contributed by atoms with van der Waals surface area (Å²) in [7, 11) is 0. The van der Waals surface area contributed by atoms with Gasteiger partial charge in [-0.2, -0.15) is 0 Å². The molecular formula is C33H29FI2N2O5S. The molecule has 0 saturated heterocycles. The van der Waals surface area contributed by atoms with Crippen molar-refractivity contribution in [1.82, 2.24) is 4.57 Å². The minimum atomic E-state index is -0.773. The summed E-state index contributed by atoms with van der Waals surface area (Å²) in [4.78, 5) is 32.5. The number of benzene rings is 3. The van der Waals surface area contributed by atoms with Gasteiger partial charge in [-0.25, -0.2) is 14.2 Å². The molecule has 0 aliphatic carbocycles. The molecule has 1 atom stereocenters. The summed E-state index contributed by atoms with van der Waals surface area (Å²) < 4.78 is 34.7. The van der Waals surface area contributed by atoms with Crippen molar-refractivity contribution >= 4 is 68.6 Å². The largest absolute Gasteiger partial charge is 0.491 e. The topological polar surface area (TPSA) is 79.1 Å². The Bertz CT molecular complexity index is 1910. The zero-order valence-corrected chi connectivity index (χ0v) is 29.5. The van der Waals surface area contributed by atoms with Gasteiger partial charge in [0.2, 0.25) is 0 Å². The molecule has 0 amide bonds. The highest BCUT2D eigenvalue weighted by molar-refractivity contribution is 14.1. The average molecular weight is 838 g/mol. The summed E-state index contributed by atoms with van der Waals surface area (Å²) in [5.41, 5.74) is 2.88. The van der Waals surface area contributed by atoms with Crippen molar-refractivity contribution in [3.05, 3.63) is 121 Å². The van der Waals surface area contributed by atoms with Gasteiger partial charge < -0.3 is 14.2 Å². The van der Waals surface area contributed by atoms with Crippen LogP contribution in [0.2, 0.25) is 0 Å². The smallest absolute Gasteiger partial charge is 0.338 e. The average Bonchev–Trinajstić information content (AvgIpc) is 3.26. The van der Waals surface area contributed by atoms with Crippen molar-refractivity contribution < 1.29 is 23.4 Å². The molecule has 11 heteroatoms. The van der Waals surface area contributed by atoms with Crippen molar-refractivity contribution in [2.75, 3.05) is 6.61 Å². The van der Waals surface area contributed by atoms with Crippen LogP contribution in [0.5, 0.6) is 11.5 Å². The number of aromatic nitrogens is 1. The van der Waals surface area contributed by atoms with Crippen molar-refractivity contribution in [3.63, 3.8) is 0 Å². The van der Waals surface area contributed by atoms with Gasteiger partial charge in [0, 0.05) is 5.56 Å². The van der Waals surface area contributed by atoms with Gasteiger partial charge in [-0.3, -0.25) is 9.36 Å². The van der Waals surface area contributed by atoms with E-state index in [4.69, 9.17) is 14.2 Å². The van der Waals surface area contributed by atoms with Crippen LogP contribution < -0.4 is 24.4 Å². The van der Waals surface area contributed by atoms with Gasteiger partial charge in [-0.15, -0.1) is 0 Å². The minimum absolute atomic E-state index is 0.115. The molecule has 1 aliphatic rings. The highest BCUT2D eigenvalue weighted by Gasteiger charge is 2.35. The number of halogens is 3. The second-order valence-corrected chi connectivity index (χ2v) is 13.6. The number of nitrogens with zero attached hydrogens (tertiary/aromatic N) is 2. The van der Waals surface area contributed by atoms with E-state index in [1.165, 1.54) is 23.5 Å². The third-order valence-corrected chi connectivity index (χ3v) is 9.29. The van der Waals surface area contributed by atoms with Crippen LogP contribution in [0.1, 0.15) is 50.4 Å². The van der Waals surface area contributed by atoms with Gasteiger partial charge in [0.05, 0.1) is 35.7 Å². The Morgan fingerprint density at radius 1 is 1.11 bits per heavy atom. The maximum Gasteiger partial charge on any atom is 0.338 e. The normalized spacial score (nSPS) is 14.8. The monoisotopic (exact) mass is 838 g/mol. The number of hydrogen-bond donors (Lipinski definition) is 0. The highest BCUT2D eigenvalue weighted by atomic mass is 127. The number of ether oxygens (including phenoxy) is 3. The van der Waals surface area contributed by atoms with Crippen LogP contribution in [0.3, 0.4) is 0 Å². The zero-order valence-electron chi connectivity index (χ0n) is 24.4. The summed E-state index contributed by atoms with van der Waals surface area (Å²) in [6.45, 7) is 7.86. The van der Waals surface area contributed by atoms with Gasteiger partial charge in [-0.1, -0.05) is 41.7 Å². The molecule has 1 aliphatic heterocycles. The number of carbonyl (C=O) groups excluding carboxylic acids is 1. The maximum absolute atomic E-state index is 14.1. The number of thiazole rings is 1. The molecule has 4 aromatic rings. The lowest BCUT2D eigenvalue weighted by Crippen LogP contribution is -2.40. The molecule has 0 spiro atoms. The van der Waals surface area contributed by atoms with Gasteiger partial charge >= 0.3 is 5.97 Å². The Morgan fingerprint density at radius 3 is 2.45 bits per heavy atom. The van der Waals surface area contributed by atoms with Crippen LogP contribution in [-0.2, 0) is 16.1 Å². The quantitative estimate of drug-likeness (QED) is 0.142. The molecule has 1 aromatic heterocycles. The number of fused-ring (bicyclic) bond motifs is 1. The molecule has 3 aromatic carbocycles. The summed E-state index contributed by atoms with van der Waals surface area (Å²) in [5.74, 6) is 0.483. The second-order valence-electron chi connectivity index (χ2n) is 10.2. The van der Waals surface area contributed by atoms with E-state index in [-0.39, 0.29) is 24.1 Å². The summed E-state index contributed by atoms with van der Waals surface area (Å²) in [6, 6.07) is 16.7. The van der Waals surface area contributed by atoms with E-state index in [1.54, 1.807) is 30.5 Å². The minimum Gasteiger partial charge on any atom is -0.491 e. The molecular weight excluding hydrogens is 809 g/mol. The van der Waals surface area contributed by atoms with Crippen molar-refractivity contribution in [2.45, 2.75) is 46.4 Å². The van der Waals surface area contributed by atoms with Crippen molar-refractivity contribution in [3.8, 4) is 11.5 Å². The van der Waals surface area contributed by atoms with Gasteiger partial charge in [-0.05, 0) is 120 Å². The van der Waals surface area contributed by atoms with Crippen LogP contribution in [-0.4, -0.2) is 23.2 Å². The molecule has 0 saturated carbocycles. The first kappa shape index (κ1) is 32.4. The summed E-state index contributed by atoms with van der Waals surface area (Å²) >= 11 is 5.69.